The zero-order valence-corrected chi connectivity index (χ0v) is 12.5. The predicted octanol–water partition coefficient (Wildman–Crippen LogP) is 4.81. The Morgan fingerprint density at radius 2 is 2.14 bits per heavy atom. The zero-order valence-electron chi connectivity index (χ0n) is 11.7. The highest BCUT2D eigenvalue weighted by molar-refractivity contribution is 6.31. The summed E-state index contributed by atoms with van der Waals surface area (Å²) in [5, 5.41) is 4.11. The minimum atomic E-state index is 0.656. The molecule has 0 spiro atoms. The van der Waals surface area contributed by atoms with E-state index in [0.29, 0.717) is 10.9 Å². The molecule has 4 heteroatoms. The van der Waals surface area contributed by atoms with Crippen LogP contribution in [0.15, 0.2) is 34.7 Å². The Labute approximate surface area is 127 Å². The van der Waals surface area contributed by atoms with Gasteiger partial charge < -0.3 is 9.73 Å². The van der Waals surface area contributed by atoms with E-state index in [1.165, 1.54) is 17.7 Å². The predicted molar refractivity (Wildman–Crippen MR) is 86.0 cm³/mol. The summed E-state index contributed by atoms with van der Waals surface area (Å²) >= 11 is 6.08. The molecule has 1 aliphatic rings. The Balaban J connectivity index is 1.84. The molecule has 4 rings (SSSR count). The van der Waals surface area contributed by atoms with E-state index in [0.717, 1.165) is 35.2 Å². The molecule has 0 unspecified atom stereocenters. The molecule has 0 bridgehead atoms. The van der Waals surface area contributed by atoms with Crippen molar-refractivity contribution in [2.45, 2.75) is 19.8 Å². The van der Waals surface area contributed by atoms with Gasteiger partial charge >= 0.3 is 0 Å². The molecule has 0 radical (unpaired) electrons. The van der Waals surface area contributed by atoms with E-state index in [1.807, 2.05) is 19.1 Å². The van der Waals surface area contributed by atoms with E-state index >= 15 is 0 Å². The number of oxazole rings is 1. The number of rotatable bonds is 1. The second-order valence-corrected chi connectivity index (χ2v) is 5.93. The van der Waals surface area contributed by atoms with Gasteiger partial charge in [0, 0.05) is 22.8 Å². The lowest BCUT2D eigenvalue weighted by Crippen LogP contribution is -2.11. The first kappa shape index (κ1) is 12.7. The largest absolute Gasteiger partial charge is 0.436 e. The van der Waals surface area contributed by atoms with Gasteiger partial charge in [0.1, 0.15) is 5.52 Å². The minimum absolute atomic E-state index is 0.656. The minimum Gasteiger partial charge on any atom is -0.436 e. The second-order valence-electron chi connectivity index (χ2n) is 5.49. The van der Waals surface area contributed by atoms with Gasteiger partial charge in [-0.1, -0.05) is 11.6 Å². The summed E-state index contributed by atoms with van der Waals surface area (Å²) in [4.78, 5) is 4.58. The third-order valence-corrected chi connectivity index (χ3v) is 4.15. The van der Waals surface area contributed by atoms with Crippen molar-refractivity contribution in [1.29, 1.82) is 0 Å². The highest BCUT2D eigenvalue weighted by Gasteiger charge is 2.14. The molecule has 1 aliphatic heterocycles. The molecule has 3 aromatic rings. The maximum atomic E-state index is 6.08. The number of hydrogen-bond acceptors (Lipinski definition) is 3. The van der Waals surface area contributed by atoms with Gasteiger partial charge in [-0.2, -0.15) is 0 Å². The van der Waals surface area contributed by atoms with E-state index in [2.05, 4.69) is 28.5 Å². The standard InChI is InChI=1S/C17H15ClN2O/c1-10-7-13(18)9-15-16(10)21-17(20-15)12-4-5-14-11(8-12)3-2-6-19-14/h4-5,7-9,19H,2-3,6H2,1H3. The molecule has 0 saturated heterocycles. The lowest BCUT2D eigenvalue weighted by atomic mass is 10.0. The Morgan fingerprint density at radius 3 is 3.05 bits per heavy atom. The number of hydrogen-bond donors (Lipinski definition) is 1. The molecule has 0 atom stereocenters. The van der Waals surface area contributed by atoms with E-state index in [9.17, 15) is 0 Å². The second kappa shape index (κ2) is 4.78. The van der Waals surface area contributed by atoms with Crippen molar-refractivity contribution in [3.8, 4) is 11.5 Å². The summed E-state index contributed by atoms with van der Waals surface area (Å²) in [5.74, 6) is 0.656. The maximum Gasteiger partial charge on any atom is 0.227 e. The monoisotopic (exact) mass is 298 g/mol. The molecular weight excluding hydrogens is 284 g/mol. The Kier molecular flexibility index (Phi) is 2.89. The van der Waals surface area contributed by atoms with Gasteiger partial charge in [-0.25, -0.2) is 4.98 Å². The van der Waals surface area contributed by atoms with Crippen LogP contribution < -0.4 is 5.32 Å². The fraction of sp³-hybridized carbons (Fsp3) is 0.235. The van der Waals surface area contributed by atoms with Crippen LogP contribution in [0.5, 0.6) is 0 Å². The first-order valence-electron chi connectivity index (χ1n) is 7.14. The van der Waals surface area contributed by atoms with Crippen molar-refractivity contribution >= 4 is 28.4 Å². The topological polar surface area (TPSA) is 38.1 Å². The molecule has 2 heterocycles. The van der Waals surface area contributed by atoms with Crippen molar-refractivity contribution in [3.05, 3.63) is 46.5 Å². The van der Waals surface area contributed by atoms with Crippen molar-refractivity contribution in [1.82, 2.24) is 4.98 Å². The highest BCUT2D eigenvalue weighted by atomic mass is 35.5. The fourth-order valence-electron chi connectivity index (χ4n) is 2.89. The van der Waals surface area contributed by atoms with E-state index in [1.54, 1.807) is 0 Å². The van der Waals surface area contributed by atoms with Gasteiger partial charge in [-0.05, 0) is 61.2 Å². The van der Waals surface area contributed by atoms with Crippen LogP contribution in [0.1, 0.15) is 17.5 Å². The van der Waals surface area contributed by atoms with Gasteiger partial charge in [-0.15, -0.1) is 0 Å². The number of aryl methyl sites for hydroxylation is 2. The SMILES string of the molecule is Cc1cc(Cl)cc2nc(-c3ccc4c(c3)CCCN4)oc12. The molecule has 106 valence electrons. The van der Waals surface area contributed by atoms with Crippen LogP contribution in [0.4, 0.5) is 5.69 Å². The number of benzene rings is 2. The summed E-state index contributed by atoms with van der Waals surface area (Å²) < 4.78 is 5.94. The van der Waals surface area contributed by atoms with Gasteiger partial charge in [0.25, 0.3) is 0 Å². The van der Waals surface area contributed by atoms with Crippen molar-refractivity contribution in [2.75, 3.05) is 11.9 Å². The fourth-order valence-corrected chi connectivity index (χ4v) is 3.16. The van der Waals surface area contributed by atoms with Crippen LogP contribution in [0, 0.1) is 6.92 Å². The van der Waals surface area contributed by atoms with Gasteiger partial charge in [0.2, 0.25) is 5.89 Å². The number of fused-ring (bicyclic) bond motifs is 2. The summed E-state index contributed by atoms with van der Waals surface area (Å²) in [6.45, 7) is 3.03. The average Bonchev–Trinajstić information content (AvgIpc) is 2.91. The van der Waals surface area contributed by atoms with Crippen molar-refractivity contribution in [3.63, 3.8) is 0 Å². The summed E-state index contributed by atoms with van der Waals surface area (Å²) in [6, 6.07) is 10.1. The number of nitrogens with zero attached hydrogens (tertiary/aromatic N) is 1. The first-order chi connectivity index (χ1) is 10.2. The molecule has 0 amide bonds. The highest BCUT2D eigenvalue weighted by Crippen LogP contribution is 2.31. The molecule has 3 nitrogen and oxygen atoms in total. The molecule has 0 aliphatic carbocycles. The average molecular weight is 299 g/mol. The van der Waals surface area contributed by atoms with Gasteiger partial charge in [0.15, 0.2) is 5.58 Å². The van der Waals surface area contributed by atoms with Crippen molar-refractivity contribution in [2.24, 2.45) is 0 Å². The molecule has 21 heavy (non-hydrogen) atoms. The summed E-state index contributed by atoms with van der Waals surface area (Å²) in [6.07, 6.45) is 2.26. The molecule has 1 aromatic heterocycles. The van der Waals surface area contributed by atoms with Gasteiger partial charge in [0.05, 0.1) is 0 Å². The van der Waals surface area contributed by atoms with Gasteiger partial charge in [-0.3, -0.25) is 0 Å². The summed E-state index contributed by atoms with van der Waals surface area (Å²) in [5.41, 5.74) is 6.20. The van der Waals surface area contributed by atoms with E-state index in [-0.39, 0.29) is 0 Å². The third-order valence-electron chi connectivity index (χ3n) is 3.93. The van der Waals surface area contributed by atoms with Crippen LogP contribution in [0.2, 0.25) is 5.02 Å². The third kappa shape index (κ3) is 2.18. The Morgan fingerprint density at radius 1 is 1.24 bits per heavy atom. The molecular formula is C17H15ClN2O. The van der Waals surface area contributed by atoms with Crippen LogP contribution >= 0.6 is 11.6 Å². The van der Waals surface area contributed by atoms with E-state index in [4.69, 9.17) is 16.0 Å². The maximum absolute atomic E-state index is 6.08. The Hall–Kier alpha value is -2.00. The Bertz CT molecular complexity index is 838. The first-order valence-corrected chi connectivity index (χ1v) is 7.52. The number of nitrogens with one attached hydrogen (secondary N) is 1. The van der Waals surface area contributed by atoms with Crippen LogP contribution in [0.3, 0.4) is 0 Å². The normalized spacial score (nSPS) is 14.0. The summed E-state index contributed by atoms with van der Waals surface area (Å²) in [7, 11) is 0. The van der Waals surface area contributed by atoms with Crippen molar-refractivity contribution < 1.29 is 4.42 Å². The number of halogens is 1. The van der Waals surface area contributed by atoms with Crippen LogP contribution in [-0.4, -0.2) is 11.5 Å². The number of anilines is 1. The zero-order chi connectivity index (χ0) is 14.4. The van der Waals surface area contributed by atoms with Crippen LogP contribution in [-0.2, 0) is 6.42 Å². The smallest absolute Gasteiger partial charge is 0.227 e. The number of aromatic nitrogens is 1. The molecule has 0 saturated carbocycles. The lowest BCUT2D eigenvalue weighted by molar-refractivity contribution is 0.617. The lowest BCUT2D eigenvalue weighted by Gasteiger charge is -2.17. The molecule has 0 fully saturated rings. The quantitative estimate of drug-likeness (QED) is 0.700. The molecule has 1 N–H and O–H groups in total. The van der Waals surface area contributed by atoms with Crippen LogP contribution in [0.25, 0.3) is 22.6 Å². The molecule has 2 aromatic carbocycles. The van der Waals surface area contributed by atoms with E-state index < -0.39 is 0 Å².